The molecule has 6 heteroatoms. The van der Waals surface area contributed by atoms with Crippen LogP contribution in [-0.2, 0) is 4.79 Å². The standard InChI is InChI=1S/C31H39N3O3/c1-36-26-19-24(20-27(21-26)37-2)7-8-31(35)34-17-10-23(11-18-34)9-14-33-15-12-25(13-16-33)29-22-32-30-6-4-3-5-28(29)30/h3-8,19-23,25,32H,9-18H2,1-2H3/b8-7+. The minimum Gasteiger partial charge on any atom is -0.497 e. The first-order valence-electron chi connectivity index (χ1n) is 13.6. The highest BCUT2D eigenvalue weighted by molar-refractivity contribution is 5.92. The average molecular weight is 502 g/mol. The number of benzene rings is 2. The number of amides is 1. The van der Waals surface area contributed by atoms with E-state index in [1.807, 2.05) is 29.2 Å². The number of piperidine rings is 2. The highest BCUT2D eigenvalue weighted by Gasteiger charge is 2.25. The van der Waals surface area contributed by atoms with Gasteiger partial charge in [0.1, 0.15) is 11.5 Å². The normalized spacial score (nSPS) is 18.1. The van der Waals surface area contributed by atoms with E-state index in [0.717, 1.165) is 43.0 Å². The minimum atomic E-state index is 0.0830. The predicted octanol–water partition coefficient (Wildman–Crippen LogP) is 5.71. The van der Waals surface area contributed by atoms with E-state index in [9.17, 15) is 4.79 Å². The van der Waals surface area contributed by atoms with Crippen LogP contribution >= 0.6 is 0 Å². The van der Waals surface area contributed by atoms with Gasteiger partial charge in [0.2, 0.25) is 5.91 Å². The Morgan fingerprint density at radius 1 is 0.973 bits per heavy atom. The van der Waals surface area contributed by atoms with Crippen molar-refractivity contribution in [2.24, 2.45) is 5.92 Å². The molecule has 2 saturated heterocycles. The molecule has 2 fully saturated rings. The zero-order chi connectivity index (χ0) is 25.6. The first kappa shape index (κ1) is 25.4. The Hall–Kier alpha value is -3.25. The number of ether oxygens (including phenoxy) is 2. The Labute approximate surface area is 220 Å². The van der Waals surface area contributed by atoms with Crippen LogP contribution in [0, 0.1) is 5.92 Å². The quantitative estimate of drug-likeness (QED) is 0.402. The van der Waals surface area contributed by atoms with Crippen molar-refractivity contribution in [3.05, 3.63) is 65.9 Å². The molecule has 6 nitrogen and oxygen atoms in total. The second-order valence-corrected chi connectivity index (χ2v) is 10.4. The van der Waals surface area contributed by atoms with Crippen molar-refractivity contribution in [1.82, 2.24) is 14.8 Å². The molecule has 2 aromatic carbocycles. The minimum absolute atomic E-state index is 0.0830. The van der Waals surface area contributed by atoms with Gasteiger partial charge in [0.15, 0.2) is 0 Å². The van der Waals surface area contributed by atoms with Gasteiger partial charge in [-0.25, -0.2) is 0 Å². The summed E-state index contributed by atoms with van der Waals surface area (Å²) in [5, 5.41) is 1.39. The Morgan fingerprint density at radius 3 is 2.38 bits per heavy atom. The largest absolute Gasteiger partial charge is 0.497 e. The molecule has 1 aromatic heterocycles. The third kappa shape index (κ3) is 6.19. The number of carbonyl (C=O) groups is 1. The van der Waals surface area contributed by atoms with Crippen LogP contribution in [-0.4, -0.2) is 67.6 Å². The predicted molar refractivity (Wildman–Crippen MR) is 149 cm³/mol. The first-order valence-corrected chi connectivity index (χ1v) is 13.6. The number of nitrogens with one attached hydrogen (secondary N) is 1. The number of carbonyl (C=O) groups excluding carboxylic acids is 1. The SMILES string of the molecule is COc1cc(/C=C/C(=O)N2CCC(CCN3CCC(c4c[nH]c5ccccc45)CC3)CC2)cc(OC)c1. The Morgan fingerprint density at radius 2 is 1.68 bits per heavy atom. The average Bonchev–Trinajstić information content (AvgIpc) is 3.39. The zero-order valence-electron chi connectivity index (χ0n) is 22.1. The highest BCUT2D eigenvalue weighted by Crippen LogP contribution is 2.33. The number of aromatic amines is 1. The van der Waals surface area contributed by atoms with Crippen LogP contribution in [0.3, 0.4) is 0 Å². The number of H-pyrrole nitrogens is 1. The van der Waals surface area contributed by atoms with Gasteiger partial charge in [-0.15, -0.1) is 0 Å². The van der Waals surface area contributed by atoms with E-state index in [1.165, 1.54) is 55.4 Å². The lowest BCUT2D eigenvalue weighted by Gasteiger charge is -2.35. The van der Waals surface area contributed by atoms with Crippen LogP contribution in [0.15, 0.2) is 54.7 Å². The number of nitrogens with zero attached hydrogens (tertiary/aromatic N) is 2. The Bertz CT molecular complexity index is 1200. The number of hydrogen-bond acceptors (Lipinski definition) is 4. The Balaban J connectivity index is 1.04. The van der Waals surface area contributed by atoms with Gasteiger partial charge in [-0.2, -0.15) is 0 Å². The van der Waals surface area contributed by atoms with Gasteiger partial charge < -0.3 is 24.3 Å². The van der Waals surface area contributed by atoms with Gasteiger partial charge in [0.05, 0.1) is 14.2 Å². The molecule has 2 aliphatic rings. The van der Waals surface area contributed by atoms with Gasteiger partial charge in [-0.1, -0.05) is 18.2 Å². The smallest absolute Gasteiger partial charge is 0.246 e. The van der Waals surface area contributed by atoms with Crippen LogP contribution in [0.4, 0.5) is 0 Å². The summed E-state index contributed by atoms with van der Waals surface area (Å²) in [5.74, 6) is 2.89. The van der Waals surface area contributed by atoms with Crippen molar-refractivity contribution in [3.8, 4) is 11.5 Å². The Kier molecular flexibility index (Phi) is 8.15. The van der Waals surface area contributed by atoms with Gasteiger partial charge in [-0.3, -0.25) is 4.79 Å². The molecule has 1 amide bonds. The van der Waals surface area contributed by atoms with E-state index >= 15 is 0 Å². The lowest BCUT2D eigenvalue weighted by atomic mass is 9.88. The maximum absolute atomic E-state index is 12.8. The molecule has 1 N–H and O–H groups in total. The van der Waals surface area contributed by atoms with E-state index in [2.05, 4.69) is 40.3 Å². The molecule has 2 aliphatic heterocycles. The fourth-order valence-electron chi connectivity index (χ4n) is 5.91. The van der Waals surface area contributed by atoms with Crippen LogP contribution < -0.4 is 9.47 Å². The molecular formula is C31H39N3O3. The van der Waals surface area contributed by atoms with Gasteiger partial charge >= 0.3 is 0 Å². The van der Waals surface area contributed by atoms with Crippen molar-refractivity contribution in [2.75, 3.05) is 46.9 Å². The molecule has 37 heavy (non-hydrogen) atoms. The summed E-state index contributed by atoms with van der Waals surface area (Å²) in [6.07, 6.45) is 11.6. The van der Waals surface area contributed by atoms with Crippen LogP contribution in [0.25, 0.3) is 17.0 Å². The fraction of sp³-hybridized carbons (Fsp3) is 0.452. The molecule has 0 bridgehead atoms. The third-order valence-electron chi connectivity index (χ3n) is 8.22. The van der Waals surface area contributed by atoms with Crippen LogP contribution in [0.5, 0.6) is 11.5 Å². The maximum atomic E-state index is 12.8. The lowest BCUT2D eigenvalue weighted by Crippen LogP contribution is -2.39. The number of aromatic nitrogens is 1. The van der Waals surface area contributed by atoms with E-state index in [4.69, 9.17) is 9.47 Å². The van der Waals surface area contributed by atoms with Crippen molar-refractivity contribution in [2.45, 2.75) is 38.0 Å². The van der Waals surface area contributed by atoms with E-state index in [0.29, 0.717) is 11.8 Å². The number of methoxy groups -OCH3 is 2. The lowest BCUT2D eigenvalue weighted by molar-refractivity contribution is -0.127. The highest BCUT2D eigenvalue weighted by atomic mass is 16.5. The van der Waals surface area contributed by atoms with Crippen molar-refractivity contribution in [3.63, 3.8) is 0 Å². The molecule has 5 rings (SSSR count). The molecule has 3 heterocycles. The van der Waals surface area contributed by atoms with Gasteiger partial charge in [-0.05, 0) is 99.0 Å². The van der Waals surface area contributed by atoms with Crippen molar-refractivity contribution >= 4 is 22.9 Å². The molecule has 3 aromatic rings. The molecule has 0 unspecified atom stereocenters. The van der Waals surface area contributed by atoms with Crippen molar-refractivity contribution < 1.29 is 14.3 Å². The van der Waals surface area contributed by atoms with Gasteiger partial charge in [0, 0.05) is 42.3 Å². The summed E-state index contributed by atoms with van der Waals surface area (Å²) in [5.41, 5.74) is 3.64. The molecule has 0 atom stereocenters. The number of hydrogen-bond donors (Lipinski definition) is 1. The molecule has 0 saturated carbocycles. The molecule has 0 aliphatic carbocycles. The van der Waals surface area contributed by atoms with E-state index in [-0.39, 0.29) is 5.91 Å². The second-order valence-electron chi connectivity index (χ2n) is 10.4. The zero-order valence-corrected chi connectivity index (χ0v) is 22.1. The molecule has 0 spiro atoms. The van der Waals surface area contributed by atoms with E-state index in [1.54, 1.807) is 20.3 Å². The monoisotopic (exact) mass is 501 g/mol. The maximum Gasteiger partial charge on any atom is 0.246 e. The topological polar surface area (TPSA) is 57.8 Å². The van der Waals surface area contributed by atoms with Gasteiger partial charge in [0.25, 0.3) is 0 Å². The number of para-hydroxylation sites is 1. The second kappa shape index (κ2) is 11.9. The number of likely N-dealkylation sites (tertiary alicyclic amines) is 2. The summed E-state index contributed by atoms with van der Waals surface area (Å²) >= 11 is 0. The number of rotatable bonds is 8. The summed E-state index contributed by atoms with van der Waals surface area (Å²) in [6.45, 7) is 5.23. The summed E-state index contributed by atoms with van der Waals surface area (Å²) in [7, 11) is 3.26. The molecular weight excluding hydrogens is 462 g/mol. The molecule has 0 radical (unpaired) electrons. The fourth-order valence-corrected chi connectivity index (χ4v) is 5.91. The third-order valence-corrected chi connectivity index (χ3v) is 8.22. The van der Waals surface area contributed by atoms with Crippen LogP contribution in [0.2, 0.25) is 0 Å². The van der Waals surface area contributed by atoms with Crippen LogP contribution in [0.1, 0.15) is 49.1 Å². The summed E-state index contributed by atoms with van der Waals surface area (Å²) in [4.78, 5) is 20.8. The first-order chi connectivity index (χ1) is 18.1. The summed E-state index contributed by atoms with van der Waals surface area (Å²) in [6, 6.07) is 14.3. The van der Waals surface area contributed by atoms with Crippen molar-refractivity contribution in [1.29, 1.82) is 0 Å². The van der Waals surface area contributed by atoms with E-state index < -0.39 is 0 Å². The number of fused-ring (bicyclic) bond motifs is 1. The molecule has 196 valence electrons. The summed E-state index contributed by atoms with van der Waals surface area (Å²) < 4.78 is 10.6.